The molecule has 0 spiro atoms. The zero-order valence-corrected chi connectivity index (χ0v) is 41.5. The van der Waals surface area contributed by atoms with Crippen LogP contribution in [0.5, 0.6) is 0 Å². The van der Waals surface area contributed by atoms with E-state index >= 15 is 0 Å². The van der Waals surface area contributed by atoms with Crippen LogP contribution in [0.2, 0.25) is 0 Å². The molecule has 2 aliphatic rings. The maximum Gasteiger partial charge on any atom is -0.000740 e. The van der Waals surface area contributed by atoms with Gasteiger partial charge in [-0.2, -0.15) is 0 Å². The zero-order chi connectivity index (χ0) is 49.0. The van der Waals surface area contributed by atoms with Crippen LogP contribution in [0.15, 0.2) is 237 Å². The van der Waals surface area contributed by atoms with E-state index in [1.807, 2.05) is 0 Å². The molecule has 14 aromatic carbocycles. The number of hydrogen-bond donors (Lipinski definition) is 0. The molecule has 0 N–H and O–H groups in total. The third-order valence-corrected chi connectivity index (χ3v) is 16.8. The lowest BCUT2D eigenvalue weighted by atomic mass is 9.82. The summed E-state index contributed by atoms with van der Waals surface area (Å²) in [7, 11) is 0. The van der Waals surface area contributed by atoms with E-state index in [9.17, 15) is 0 Å². The minimum absolute atomic E-state index is 0.0571. The van der Waals surface area contributed by atoms with Gasteiger partial charge in [-0.25, -0.2) is 0 Å². The number of benzene rings is 14. The quantitative estimate of drug-likeness (QED) is 0.151. The van der Waals surface area contributed by atoms with Crippen molar-refractivity contribution >= 4 is 64.6 Å². The number of fused-ring (bicyclic) bond motifs is 4. The molecule has 344 valence electrons. The Kier molecular flexibility index (Phi) is 8.54. The normalized spacial score (nSPS) is 12.5. The minimum atomic E-state index is 0.0571. The van der Waals surface area contributed by atoms with E-state index in [1.165, 1.54) is 168 Å². The van der Waals surface area contributed by atoms with Crippen molar-refractivity contribution in [3.8, 4) is 55.6 Å². The van der Waals surface area contributed by atoms with Crippen LogP contribution in [0.4, 0.5) is 0 Å². The third-order valence-electron chi connectivity index (χ3n) is 16.8. The van der Waals surface area contributed by atoms with Gasteiger partial charge in [-0.3, -0.25) is 0 Å². The van der Waals surface area contributed by atoms with E-state index in [-0.39, 0.29) is 5.41 Å². The van der Waals surface area contributed by atoms with Gasteiger partial charge in [0, 0.05) is 0 Å². The maximum absolute atomic E-state index is 2.52. The standard InChI is InChI=1S/C74H48/c1-74(2,3)51-40-49-29-28-47-30-33-52(55-35-32-50(41-51)62(49)63(47)55)48-31-34-56-61(42-48)67(46-24-14-7-15-25-46)73-60-39-38-58-68-57(36-37-59(69(60)68)72(73)66(56)45-22-12-6-13-23-45)70-64(43-18-8-4-9-19-43)53-26-16-17-27-54(53)65(71(58)70)44-20-10-5-11-21-44/h4-42H,1-3H3. The number of hydrogen-bond acceptors (Lipinski definition) is 0. The highest BCUT2D eigenvalue weighted by atomic mass is 14.3. The first-order valence-electron chi connectivity index (χ1n) is 26.2. The largest absolute Gasteiger partial charge is 0.0622 e. The summed E-state index contributed by atoms with van der Waals surface area (Å²) in [6.45, 7) is 6.94. The van der Waals surface area contributed by atoms with E-state index in [0.717, 1.165) is 0 Å². The first kappa shape index (κ1) is 41.5. The van der Waals surface area contributed by atoms with Gasteiger partial charge in [-0.1, -0.05) is 251 Å². The van der Waals surface area contributed by atoms with Crippen molar-refractivity contribution in [1.82, 2.24) is 0 Å². The fourth-order valence-corrected chi connectivity index (χ4v) is 13.6. The Hall–Kier alpha value is -9.10. The van der Waals surface area contributed by atoms with Crippen LogP contribution in [0, 0.1) is 41.7 Å². The first-order chi connectivity index (χ1) is 36.4. The molecular weight excluding hydrogens is 889 g/mol. The molecule has 16 rings (SSSR count). The zero-order valence-electron chi connectivity index (χ0n) is 41.5. The Morgan fingerprint density at radius 2 is 0.608 bits per heavy atom. The molecule has 0 amide bonds. The lowest BCUT2D eigenvalue weighted by molar-refractivity contribution is 0.591. The third kappa shape index (κ3) is 5.68. The fourth-order valence-electron chi connectivity index (χ4n) is 13.6. The highest BCUT2D eigenvalue weighted by molar-refractivity contribution is 6.26. The summed E-state index contributed by atoms with van der Waals surface area (Å²) in [4.78, 5) is 0. The molecule has 0 heteroatoms. The van der Waals surface area contributed by atoms with Crippen LogP contribution < -0.4 is 0 Å². The van der Waals surface area contributed by atoms with Gasteiger partial charge in [-0.15, -0.1) is 0 Å². The summed E-state index contributed by atoms with van der Waals surface area (Å²) in [6.07, 6.45) is 0. The van der Waals surface area contributed by atoms with Crippen LogP contribution in [-0.2, 0) is 5.41 Å². The molecule has 0 nitrogen and oxygen atoms in total. The first-order valence-corrected chi connectivity index (χ1v) is 26.2. The molecule has 0 aliphatic heterocycles. The van der Waals surface area contributed by atoms with Gasteiger partial charge in [0.1, 0.15) is 0 Å². The lowest BCUT2D eigenvalue weighted by Gasteiger charge is -2.22. The summed E-state index contributed by atoms with van der Waals surface area (Å²) in [6, 6.07) is 89.8. The van der Waals surface area contributed by atoms with E-state index < -0.39 is 0 Å². The van der Waals surface area contributed by atoms with Crippen molar-refractivity contribution in [2.45, 2.75) is 26.2 Å². The average molecular weight is 937 g/mol. The van der Waals surface area contributed by atoms with Crippen molar-refractivity contribution in [3.63, 3.8) is 0 Å². The van der Waals surface area contributed by atoms with Crippen LogP contribution in [0.25, 0.3) is 120 Å². The molecule has 0 fully saturated rings. The Balaban J connectivity index is 1.10. The Bertz CT molecular complexity index is 5050. The van der Waals surface area contributed by atoms with Crippen molar-refractivity contribution in [1.29, 1.82) is 0 Å². The van der Waals surface area contributed by atoms with Gasteiger partial charge in [0.05, 0.1) is 0 Å². The average Bonchev–Trinajstić information content (AvgIpc) is 3.98. The molecule has 0 atom stereocenters. The highest BCUT2D eigenvalue weighted by Gasteiger charge is 2.25. The van der Waals surface area contributed by atoms with Gasteiger partial charge < -0.3 is 0 Å². The lowest BCUT2D eigenvalue weighted by Crippen LogP contribution is -2.10. The van der Waals surface area contributed by atoms with Crippen LogP contribution in [0.1, 0.15) is 26.3 Å². The predicted molar refractivity (Wildman–Crippen MR) is 312 cm³/mol. The molecule has 74 heavy (non-hydrogen) atoms. The highest BCUT2D eigenvalue weighted by Crippen LogP contribution is 2.48. The smallest absolute Gasteiger partial charge is 0.000740 e. The molecule has 0 radical (unpaired) electrons. The molecule has 14 aromatic rings. The van der Waals surface area contributed by atoms with Gasteiger partial charge in [-0.05, 0) is 179 Å². The van der Waals surface area contributed by atoms with E-state index in [4.69, 9.17) is 0 Å². The van der Waals surface area contributed by atoms with Gasteiger partial charge >= 0.3 is 0 Å². The Labute approximate surface area is 428 Å². The van der Waals surface area contributed by atoms with Crippen molar-refractivity contribution in [2.24, 2.45) is 0 Å². The van der Waals surface area contributed by atoms with Crippen molar-refractivity contribution in [2.75, 3.05) is 0 Å². The van der Waals surface area contributed by atoms with Crippen LogP contribution in [0.3, 0.4) is 0 Å². The van der Waals surface area contributed by atoms with Crippen LogP contribution in [-0.4, -0.2) is 0 Å². The second-order valence-corrected chi connectivity index (χ2v) is 21.8. The van der Waals surface area contributed by atoms with Crippen molar-refractivity contribution in [3.05, 3.63) is 284 Å². The van der Waals surface area contributed by atoms with E-state index in [0.29, 0.717) is 0 Å². The van der Waals surface area contributed by atoms with Gasteiger partial charge in [0.2, 0.25) is 0 Å². The van der Waals surface area contributed by atoms with Crippen LogP contribution >= 0.6 is 0 Å². The molecule has 0 unspecified atom stereocenters. The molecular formula is C74H48. The topological polar surface area (TPSA) is 0 Å². The molecule has 0 aromatic heterocycles. The second kappa shape index (κ2) is 15.2. The second-order valence-electron chi connectivity index (χ2n) is 21.8. The molecule has 0 saturated carbocycles. The maximum atomic E-state index is 2.52. The van der Waals surface area contributed by atoms with Gasteiger partial charge in [0.25, 0.3) is 0 Å². The Morgan fingerprint density at radius 3 is 1.05 bits per heavy atom. The summed E-state index contributed by atoms with van der Waals surface area (Å²) in [5.41, 5.74) is 14.0. The number of rotatable bonds is 5. The molecule has 0 bridgehead atoms. The molecule has 2 aliphatic carbocycles. The SMILES string of the molecule is CC(C)(C)c1cc2ccc3ccc(-c4ccc5c(-c6ccccc6)c6c(c(-c7ccccc7)c5c4)=c4ccc5c7c(ccc=6c47)=c4c(-c6ccccc6)c6ccccc6c(-c6ccccc6)c4=5)c4ccc(c1)c2c34. The van der Waals surface area contributed by atoms with Crippen molar-refractivity contribution < 1.29 is 0 Å². The summed E-state index contributed by atoms with van der Waals surface area (Å²) >= 11 is 0. The summed E-state index contributed by atoms with van der Waals surface area (Å²) < 4.78 is 0. The molecule has 0 saturated heterocycles. The summed E-state index contributed by atoms with van der Waals surface area (Å²) in [5.74, 6) is 0. The predicted octanol–water partition coefficient (Wildman–Crippen LogP) is 19.5. The molecule has 0 heterocycles. The summed E-state index contributed by atoms with van der Waals surface area (Å²) in [5, 5.41) is 26.2. The van der Waals surface area contributed by atoms with E-state index in [2.05, 4.69) is 257 Å². The minimum Gasteiger partial charge on any atom is -0.0622 e. The monoisotopic (exact) mass is 936 g/mol. The van der Waals surface area contributed by atoms with Gasteiger partial charge in [0.15, 0.2) is 0 Å². The Morgan fingerprint density at radius 1 is 0.243 bits per heavy atom. The fraction of sp³-hybridized carbons (Fsp3) is 0.0541. The van der Waals surface area contributed by atoms with E-state index in [1.54, 1.807) is 0 Å².